The average Bonchev–Trinajstić information content (AvgIpc) is 3.15. The van der Waals surface area contributed by atoms with E-state index in [0.29, 0.717) is 25.9 Å². The first kappa shape index (κ1) is 13.4. The Balaban J connectivity index is 1.41. The molecule has 1 amide bonds. The zero-order valence-corrected chi connectivity index (χ0v) is 11.5. The van der Waals surface area contributed by atoms with Crippen LogP contribution in [0.5, 0.6) is 11.5 Å². The Bertz CT molecular complexity index is 613. The van der Waals surface area contributed by atoms with E-state index in [2.05, 4.69) is 15.6 Å². The number of ether oxygens (including phenoxy) is 2. The lowest BCUT2D eigenvalue weighted by atomic mass is 10.1. The van der Waals surface area contributed by atoms with Crippen LogP contribution in [-0.2, 0) is 17.8 Å². The number of carbonyl (C=O) groups excluding carboxylic acids is 1. The van der Waals surface area contributed by atoms with Gasteiger partial charge < -0.3 is 14.8 Å². The highest BCUT2D eigenvalue weighted by Crippen LogP contribution is 2.32. The van der Waals surface area contributed by atoms with E-state index in [1.807, 2.05) is 18.2 Å². The van der Waals surface area contributed by atoms with Crippen molar-refractivity contribution in [1.82, 2.24) is 20.3 Å². The molecule has 0 saturated heterocycles. The molecule has 0 atom stereocenters. The highest BCUT2D eigenvalue weighted by atomic mass is 16.7. The molecule has 21 heavy (non-hydrogen) atoms. The summed E-state index contributed by atoms with van der Waals surface area (Å²) in [4.78, 5) is 11.8. The number of carbonyl (C=O) groups is 1. The fraction of sp³-hybridized carbons (Fsp3) is 0.357. The number of hydrogen-bond acceptors (Lipinski definition) is 5. The van der Waals surface area contributed by atoms with Gasteiger partial charge in [0.25, 0.3) is 0 Å². The average molecular weight is 288 g/mol. The second-order valence-electron chi connectivity index (χ2n) is 4.70. The largest absolute Gasteiger partial charge is 0.454 e. The highest BCUT2D eigenvalue weighted by molar-refractivity contribution is 5.76. The standard InChI is InChI=1S/C14H16N4O3/c19-14(15-5-7-18-8-6-16-17-18)4-2-11-1-3-12-13(9-11)21-10-20-12/h1,3,6,8-9H,2,4-5,7,10H2,(H,15,19). The van der Waals surface area contributed by atoms with Crippen molar-refractivity contribution in [2.75, 3.05) is 13.3 Å². The number of benzene rings is 1. The molecule has 2 aromatic rings. The van der Waals surface area contributed by atoms with Crippen LogP contribution in [0.4, 0.5) is 0 Å². The molecule has 0 radical (unpaired) electrons. The number of nitrogens with zero attached hydrogens (tertiary/aromatic N) is 3. The van der Waals surface area contributed by atoms with E-state index in [4.69, 9.17) is 9.47 Å². The summed E-state index contributed by atoms with van der Waals surface area (Å²) >= 11 is 0. The van der Waals surface area contributed by atoms with Crippen molar-refractivity contribution in [3.8, 4) is 11.5 Å². The minimum absolute atomic E-state index is 0.0211. The summed E-state index contributed by atoms with van der Waals surface area (Å²) in [6.07, 6.45) is 4.49. The SMILES string of the molecule is O=C(CCc1ccc2c(c1)OCO2)NCCn1ccnn1. The molecular formula is C14H16N4O3. The van der Waals surface area contributed by atoms with E-state index in [9.17, 15) is 4.79 Å². The molecule has 0 bridgehead atoms. The molecule has 0 saturated carbocycles. The van der Waals surface area contributed by atoms with Crippen LogP contribution in [0.1, 0.15) is 12.0 Å². The number of aromatic nitrogens is 3. The maximum Gasteiger partial charge on any atom is 0.231 e. The summed E-state index contributed by atoms with van der Waals surface area (Å²) in [6.45, 7) is 1.43. The number of hydrogen-bond donors (Lipinski definition) is 1. The topological polar surface area (TPSA) is 78.3 Å². The minimum atomic E-state index is 0.0211. The smallest absolute Gasteiger partial charge is 0.231 e. The second kappa shape index (κ2) is 6.25. The van der Waals surface area contributed by atoms with Crippen LogP contribution in [-0.4, -0.2) is 34.2 Å². The first-order chi connectivity index (χ1) is 10.3. The van der Waals surface area contributed by atoms with Gasteiger partial charge in [0.05, 0.1) is 12.7 Å². The number of amides is 1. The predicted octanol–water partition coefficient (Wildman–Crippen LogP) is 0.756. The Morgan fingerprint density at radius 2 is 2.24 bits per heavy atom. The molecule has 1 aliphatic heterocycles. The maximum atomic E-state index is 11.8. The number of fused-ring (bicyclic) bond motifs is 1. The molecule has 1 aromatic carbocycles. The third-order valence-electron chi connectivity index (χ3n) is 3.21. The van der Waals surface area contributed by atoms with E-state index in [1.54, 1.807) is 17.1 Å². The summed E-state index contributed by atoms with van der Waals surface area (Å²) in [6, 6.07) is 5.75. The number of nitrogens with one attached hydrogen (secondary N) is 1. The molecule has 0 spiro atoms. The zero-order chi connectivity index (χ0) is 14.5. The molecule has 0 unspecified atom stereocenters. The summed E-state index contributed by atoms with van der Waals surface area (Å²) in [5.74, 6) is 1.53. The first-order valence-corrected chi connectivity index (χ1v) is 6.80. The Kier molecular flexibility index (Phi) is 3.99. The number of rotatable bonds is 6. The van der Waals surface area contributed by atoms with Gasteiger partial charge in [-0.3, -0.25) is 9.48 Å². The lowest BCUT2D eigenvalue weighted by molar-refractivity contribution is -0.121. The van der Waals surface area contributed by atoms with Crippen LogP contribution in [0.15, 0.2) is 30.6 Å². The van der Waals surface area contributed by atoms with Crippen LogP contribution >= 0.6 is 0 Å². The molecule has 0 fully saturated rings. The van der Waals surface area contributed by atoms with Crippen molar-refractivity contribution in [3.05, 3.63) is 36.2 Å². The van der Waals surface area contributed by atoms with E-state index in [1.165, 1.54) is 0 Å². The molecule has 1 N–H and O–H groups in total. The second-order valence-corrected chi connectivity index (χ2v) is 4.70. The fourth-order valence-corrected chi connectivity index (χ4v) is 2.10. The molecule has 110 valence electrons. The molecular weight excluding hydrogens is 272 g/mol. The molecule has 3 rings (SSSR count). The maximum absolute atomic E-state index is 11.8. The highest BCUT2D eigenvalue weighted by Gasteiger charge is 2.13. The van der Waals surface area contributed by atoms with Gasteiger partial charge in [0.15, 0.2) is 11.5 Å². The summed E-state index contributed by atoms with van der Waals surface area (Å²) in [5, 5.41) is 10.4. The molecule has 7 nitrogen and oxygen atoms in total. The zero-order valence-electron chi connectivity index (χ0n) is 11.5. The van der Waals surface area contributed by atoms with Crippen molar-refractivity contribution in [2.45, 2.75) is 19.4 Å². The van der Waals surface area contributed by atoms with Gasteiger partial charge in [-0.1, -0.05) is 11.3 Å². The van der Waals surface area contributed by atoms with E-state index in [-0.39, 0.29) is 12.7 Å². The van der Waals surface area contributed by atoms with Crippen LogP contribution in [0.2, 0.25) is 0 Å². The van der Waals surface area contributed by atoms with Gasteiger partial charge >= 0.3 is 0 Å². The number of aryl methyl sites for hydroxylation is 1. The monoisotopic (exact) mass is 288 g/mol. The van der Waals surface area contributed by atoms with E-state index >= 15 is 0 Å². The fourth-order valence-electron chi connectivity index (χ4n) is 2.10. The van der Waals surface area contributed by atoms with E-state index < -0.39 is 0 Å². The van der Waals surface area contributed by atoms with Crippen LogP contribution < -0.4 is 14.8 Å². The summed E-state index contributed by atoms with van der Waals surface area (Å²) in [7, 11) is 0. The van der Waals surface area contributed by atoms with Crippen LogP contribution in [0.3, 0.4) is 0 Å². The third-order valence-corrected chi connectivity index (χ3v) is 3.21. The Morgan fingerprint density at radius 1 is 1.33 bits per heavy atom. The van der Waals surface area contributed by atoms with Crippen molar-refractivity contribution in [1.29, 1.82) is 0 Å². The third kappa shape index (κ3) is 3.50. The lowest BCUT2D eigenvalue weighted by Gasteiger charge is -2.06. The lowest BCUT2D eigenvalue weighted by Crippen LogP contribution is -2.27. The van der Waals surface area contributed by atoms with Gasteiger partial charge in [-0.15, -0.1) is 5.10 Å². The van der Waals surface area contributed by atoms with Gasteiger partial charge in [0, 0.05) is 19.2 Å². The van der Waals surface area contributed by atoms with Gasteiger partial charge in [0.2, 0.25) is 12.7 Å². The van der Waals surface area contributed by atoms with Crippen LogP contribution in [0, 0.1) is 0 Å². The van der Waals surface area contributed by atoms with Crippen molar-refractivity contribution >= 4 is 5.91 Å². The molecule has 1 aromatic heterocycles. The summed E-state index contributed by atoms with van der Waals surface area (Å²) < 4.78 is 12.2. The van der Waals surface area contributed by atoms with Gasteiger partial charge in [-0.2, -0.15) is 0 Å². The van der Waals surface area contributed by atoms with Crippen molar-refractivity contribution in [3.63, 3.8) is 0 Å². The quantitative estimate of drug-likeness (QED) is 0.849. The van der Waals surface area contributed by atoms with Gasteiger partial charge in [-0.05, 0) is 24.1 Å². The predicted molar refractivity (Wildman–Crippen MR) is 73.9 cm³/mol. The van der Waals surface area contributed by atoms with Gasteiger partial charge in [-0.25, -0.2) is 0 Å². The molecule has 0 aliphatic carbocycles. The molecule has 1 aliphatic rings. The van der Waals surface area contributed by atoms with Crippen molar-refractivity contribution in [2.24, 2.45) is 0 Å². The first-order valence-electron chi connectivity index (χ1n) is 6.80. The van der Waals surface area contributed by atoms with Crippen molar-refractivity contribution < 1.29 is 14.3 Å². The molecule has 2 heterocycles. The van der Waals surface area contributed by atoms with Crippen LogP contribution in [0.25, 0.3) is 0 Å². The van der Waals surface area contributed by atoms with Gasteiger partial charge in [0.1, 0.15) is 0 Å². The Hall–Kier alpha value is -2.57. The normalized spacial score (nSPS) is 12.4. The minimum Gasteiger partial charge on any atom is -0.454 e. The Morgan fingerprint density at radius 3 is 3.10 bits per heavy atom. The summed E-state index contributed by atoms with van der Waals surface area (Å²) in [5.41, 5.74) is 1.06. The Labute approximate surface area is 121 Å². The van der Waals surface area contributed by atoms with E-state index in [0.717, 1.165) is 17.1 Å². The molecule has 7 heteroatoms.